The molecule has 0 aliphatic carbocycles. The summed E-state index contributed by atoms with van der Waals surface area (Å²) in [7, 11) is 1.30. The van der Waals surface area contributed by atoms with E-state index in [0.29, 0.717) is 11.3 Å². The maximum atomic E-state index is 12.4. The number of ether oxygens (including phenoxy) is 1. The molecule has 0 fully saturated rings. The molecule has 0 radical (unpaired) electrons. The third kappa shape index (κ3) is 3.55. The van der Waals surface area contributed by atoms with E-state index in [1.165, 1.54) is 7.11 Å². The van der Waals surface area contributed by atoms with Crippen LogP contribution in [0.25, 0.3) is 11.0 Å². The van der Waals surface area contributed by atoms with Gasteiger partial charge in [-0.1, -0.05) is 36.4 Å². The molecule has 5 heteroatoms. The minimum Gasteiger partial charge on any atom is -0.467 e. The number of hydrogen-bond donors (Lipinski definition) is 1. The molecule has 0 bridgehead atoms. The normalized spacial score (nSPS) is 11.9. The summed E-state index contributed by atoms with van der Waals surface area (Å²) in [5.74, 6) is -0.182. The molecular formula is C20H19NO4. The van der Waals surface area contributed by atoms with Crippen LogP contribution in [0.4, 0.5) is 0 Å². The number of para-hydroxylation sites is 1. The molecule has 3 rings (SSSR count). The quantitative estimate of drug-likeness (QED) is 0.726. The van der Waals surface area contributed by atoms with E-state index in [0.717, 1.165) is 16.5 Å². The third-order valence-electron chi connectivity index (χ3n) is 4.16. The summed E-state index contributed by atoms with van der Waals surface area (Å²) in [6, 6.07) is 15.6. The molecule has 1 unspecified atom stereocenters. The van der Waals surface area contributed by atoms with Gasteiger partial charge in [0.25, 0.3) is 5.91 Å². The second-order valence-electron chi connectivity index (χ2n) is 5.77. The highest BCUT2D eigenvalue weighted by atomic mass is 16.5. The van der Waals surface area contributed by atoms with Crippen LogP contribution in [0.3, 0.4) is 0 Å². The van der Waals surface area contributed by atoms with E-state index in [9.17, 15) is 9.59 Å². The van der Waals surface area contributed by atoms with Crippen molar-refractivity contribution in [2.24, 2.45) is 0 Å². The smallest absolute Gasteiger partial charge is 0.328 e. The summed E-state index contributed by atoms with van der Waals surface area (Å²) in [5, 5.41) is 3.73. The first-order valence-corrected chi connectivity index (χ1v) is 8.01. The lowest BCUT2D eigenvalue weighted by Gasteiger charge is -2.16. The predicted octanol–water partition coefficient (Wildman–Crippen LogP) is 3.26. The van der Waals surface area contributed by atoms with Crippen molar-refractivity contribution < 1.29 is 18.7 Å². The Morgan fingerprint density at radius 1 is 1.08 bits per heavy atom. The van der Waals surface area contributed by atoms with Crippen molar-refractivity contribution in [3.8, 4) is 0 Å². The fraction of sp³-hybridized carbons (Fsp3) is 0.200. The third-order valence-corrected chi connectivity index (χ3v) is 4.16. The summed E-state index contributed by atoms with van der Waals surface area (Å²) in [6.07, 6.45) is 0.228. The van der Waals surface area contributed by atoms with E-state index in [4.69, 9.17) is 9.15 Å². The number of nitrogens with one attached hydrogen (secondary N) is 1. The highest BCUT2D eigenvalue weighted by Gasteiger charge is 2.25. The molecule has 0 aliphatic rings. The molecule has 1 aromatic heterocycles. The Hall–Kier alpha value is -3.08. The van der Waals surface area contributed by atoms with Gasteiger partial charge >= 0.3 is 5.97 Å². The van der Waals surface area contributed by atoms with E-state index < -0.39 is 12.0 Å². The van der Waals surface area contributed by atoms with Gasteiger partial charge in [0.2, 0.25) is 0 Å². The van der Waals surface area contributed by atoms with Gasteiger partial charge in [-0.15, -0.1) is 0 Å². The lowest BCUT2D eigenvalue weighted by atomic mass is 10.1. The number of hydrogen-bond acceptors (Lipinski definition) is 4. The summed E-state index contributed by atoms with van der Waals surface area (Å²) in [5.41, 5.74) is 2.20. The molecule has 0 saturated heterocycles. The molecule has 0 aliphatic heterocycles. The second-order valence-corrected chi connectivity index (χ2v) is 5.77. The average Bonchev–Trinajstić information content (AvgIpc) is 2.97. The van der Waals surface area contributed by atoms with E-state index in [1.54, 1.807) is 24.3 Å². The standard InChI is InChI=1S/C20H19NO4/c1-13-15-10-6-7-11-17(15)25-18(13)12-16(20(23)24-2)21-19(22)14-8-4-3-5-9-14/h3-11,16H,12H2,1-2H3,(H,21,22). The topological polar surface area (TPSA) is 68.5 Å². The lowest BCUT2D eigenvalue weighted by molar-refractivity contribution is -0.142. The van der Waals surface area contributed by atoms with Crippen molar-refractivity contribution in [1.29, 1.82) is 0 Å². The van der Waals surface area contributed by atoms with Crippen molar-refractivity contribution >= 4 is 22.8 Å². The number of methoxy groups -OCH3 is 1. The SMILES string of the molecule is COC(=O)C(Cc1oc2ccccc2c1C)NC(=O)c1ccccc1. The first-order chi connectivity index (χ1) is 12.1. The fourth-order valence-electron chi connectivity index (χ4n) is 2.77. The molecule has 0 spiro atoms. The molecule has 5 nitrogen and oxygen atoms in total. The molecule has 1 atom stereocenters. The molecule has 1 heterocycles. The highest BCUT2D eigenvalue weighted by molar-refractivity contribution is 5.96. The van der Waals surface area contributed by atoms with Gasteiger partial charge in [0, 0.05) is 17.4 Å². The Labute approximate surface area is 145 Å². The van der Waals surface area contributed by atoms with Crippen molar-refractivity contribution in [3.05, 3.63) is 71.5 Å². The minimum absolute atomic E-state index is 0.228. The molecule has 25 heavy (non-hydrogen) atoms. The van der Waals surface area contributed by atoms with Crippen LogP contribution in [0.15, 0.2) is 59.0 Å². The molecule has 0 saturated carbocycles. The summed E-state index contributed by atoms with van der Waals surface area (Å²) in [6.45, 7) is 1.94. The van der Waals surface area contributed by atoms with Crippen LogP contribution in [0.2, 0.25) is 0 Å². The number of fused-ring (bicyclic) bond motifs is 1. The van der Waals surface area contributed by atoms with Gasteiger partial charge < -0.3 is 14.5 Å². The van der Waals surface area contributed by atoms with Crippen LogP contribution in [0, 0.1) is 6.92 Å². The first kappa shape index (κ1) is 16.8. The summed E-state index contributed by atoms with van der Waals surface area (Å²) in [4.78, 5) is 24.5. The van der Waals surface area contributed by atoms with Crippen LogP contribution in [0.5, 0.6) is 0 Å². The molecule has 1 N–H and O–H groups in total. The number of carbonyl (C=O) groups is 2. The lowest BCUT2D eigenvalue weighted by Crippen LogP contribution is -2.43. The number of benzene rings is 2. The van der Waals surface area contributed by atoms with Crippen molar-refractivity contribution in [1.82, 2.24) is 5.32 Å². The van der Waals surface area contributed by atoms with Gasteiger partial charge in [0.1, 0.15) is 17.4 Å². The van der Waals surface area contributed by atoms with E-state index in [1.807, 2.05) is 37.3 Å². The zero-order valence-electron chi connectivity index (χ0n) is 14.1. The number of aryl methyl sites for hydroxylation is 1. The van der Waals surface area contributed by atoms with Gasteiger partial charge in [0.15, 0.2) is 0 Å². The van der Waals surface area contributed by atoms with E-state index in [2.05, 4.69) is 5.32 Å². The van der Waals surface area contributed by atoms with Gasteiger partial charge in [-0.2, -0.15) is 0 Å². The Kier molecular flexibility index (Phi) is 4.84. The van der Waals surface area contributed by atoms with Gasteiger partial charge in [-0.05, 0) is 30.7 Å². The first-order valence-electron chi connectivity index (χ1n) is 8.01. The molecule has 1 amide bonds. The number of carbonyl (C=O) groups excluding carboxylic acids is 2. The molecular weight excluding hydrogens is 318 g/mol. The van der Waals surface area contributed by atoms with Crippen LogP contribution in [0.1, 0.15) is 21.7 Å². The Bertz CT molecular complexity index is 898. The van der Waals surface area contributed by atoms with E-state index in [-0.39, 0.29) is 12.3 Å². The Morgan fingerprint density at radius 2 is 1.76 bits per heavy atom. The largest absolute Gasteiger partial charge is 0.467 e. The summed E-state index contributed by atoms with van der Waals surface area (Å²) < 4.78 is 10.7. The van der Waals surface area contributed by atoms with Crippen LogP contribution < -0.4 is 5.32 Å². The maximum absolute atomic E-state index is 12.4. The zero-order valence-corrected chi connectivity index (χ0v) is 14.1. The van der Waals surface area contributed by atoms with Crippen LogP contribution in [-0.2, 0) is 16.0 Å². The van der Waals surface area contributed by atoms with Crippen molar-refractivity contribution in [2.75, 3.05) is 7.11 Å². The zero-order chi connectivity index (χ0) is 17.8. The fourth-order valence-corrected chi connectivity index (χ4v) is 2.77. The maximum Gasteiger partial charge on any atom is 0.328 e. The minimum atomic E-state index is -0.822. The van der Waals surface area contributed by atoms with E-state index >= 15 is 0 Å². The van der Waals surface area contributed by atoms with Gasteiger partial charge in [-0.3, -0.25) is 4.79 Å². The van der Waals surface area contributed by atoms with Crippen LogP contribution in [-0.4, -0.2) is 25.0 Å². The average molecular weight is 337 g/mol. The Balaban J connectivity index is 1.84. The number of furan rings is 1. The number of amides is 1. The van der Waals surface area contributed by atoms with Gasteiger partial charge in [0.05, 0.1) is 7.11 Å². The van der Waals surface area contributed by atoms with Crippen molar-refractivity contribution in [2.45, 2.75) is 19.4 Å². The summed E-state index contributed by atoms with van der Waals surface area (Å²) >= 11 is 0. The molecule has 3 aromatic rings. The number of esters is 1. The Morgan fingerprint density at radius 3 is 2.44 bits per heavy atom. The highest BCUT2D eigenvalue weighted by Crippen LogP contribution is 2.26. The molecule has 128 valence electrons. The van der Waals surface area contributed by atoms with Crippen molar-refractivity contribution in [3.63, 3.8) is 0 Å². The van der Waals surface area contributed by atoms with Gasteiger partial charge in [-0.25, -0.2) is 4.79 Å². The number of rotatable bonds is 5. The predicted molar refractivity (Wildman–Crippen MR) is 94.4 cm³/mol. The molecule has 2 aromatic carbocycles. The second kappa shape index (κ2) is 7.21. The van der Waals surface area contributed by atoms with Crippen LogP contribution >= 0.6 is 0 Å². The monoisotopic (exact) mass is 337 g/mol.